The first-order valence-electron chi connectivity index (χ1n) is 6.93. The van der Waals surface area contributed by atoms with Crippen LogP contribution in [-0.4, -0.2) is 23.9 Å². The Morgan fingerprint density at radius 1 is 1.37 bits per heavy atom. The molecular weight excluding hydrogens is 236 g/mol. The number of hydrogen-bond donors (Lipinski definition) is 2. The molecule has 1 aromatic rings. The van der Waals surface area contributed by atoms with Gasteiger partial charge in [-0.15, -0.1) is 0 Å². The second kappa shape index (κ2) is 5.19. The topological polar surface area (TPSA) is 66.0 Å². The molecule has 0 aromatic carbocycles. The maximum atomic E-state index is 7.49. The minimum atomic E-state index is 0.105. The minimum Gasteiger partial charge on any atom is -0.384 e. The lowest BCUT2D eigenvalue weighted by Gasteiger charge is -2.39. The number of aromatic nitrogens is 1. The number of amidine groups is 1. The Balaban J connectivity index is 2.05. The summed E-state index contributed by atoms with van der Waals surface area (Å²) in [5, 5.41) is 7.49. The highest BCUT2D eigenvalue weighted by atomic mass is 15.2. The minimum absolute atomic E-state index is 0.105. The summed E-state index contributed by atoms with van der Waals surface area (Å²) in [4.78, 5) is 6.71. The van der Waals surface area contributed by atoms with Crippen LogP contribution in [-0.2, 0) is 0 Å². The third-order valence-electron chi connectivity index (χ3n) is 4.10. The SMILES string of the molecule is CC(C)(C)C1CCN(c2cc(C(=N)N)ccn2)CC1. The molecule has 0 saturated carbocycles. The van der Waals surface area contributed by atoms with Crippen molar-refractivity contribution in [2.24, 2.45) is 17.1 Å². The van der Waals surface area contributed by atoms with E-state index in [2.05, 4.69) is 30.7 Å². The smallest absolute Gasteiger partial charge is 0.129 e. The van der Waals surface area contributed by atoms with Gasteiger partial charge in [-0.05, 0) is 36.3 Å². The van der Waals surface area contributed by atoms with E-state index in [0.717, 1.165) is 30.4 Å². The molecule has 19 heavy (non-hydrogen) atoms. The van der Waals surface area contributed by atoms with Crippen LogP contribution in [0.3, 0.4) is 0 Å². The van der Waals surface area contributed by atoms with Gasteiger partial charge in [0.15, 0.2) is 0 Å². The summed E-state index contributed by atoms with van der Waals surface area (Å²) in [5.74, 6) is 1.83. The Hall–Kier alpha value is -1.58. The quantitative estimate of drug-likeness (QED) is 0.634. The standard InChI is InChI=1S/C15H24N4/c1-15(2,3)12-5-8-19(9-6-12)13-10-11(14(16)17)4-7-18-13/h4,7,10,12H,5-6,8-9H2,1-3H3,(H3,16,17). The van der Waals surface area contributed by atoms with Crippen LogP contribution in [0.15, 0.2) is 18.3 Å². The van der Waals surface area contributed by atoms with Crippen LogP contribution in [0.4, 0.5) is 5.82 Å². The van der Waals surface area contributed by atoms with E-state index in [4.69, 9.17) is 11.1 Å². The van der Waals surface area contributed by atoms with Gasteiger partial charge >= 0.3 is 0 Å². The van der Waals surface area contributed by atoms with Gasteiger partial charge in [0.25, 0.3) is 0 Å². The molecule has 1 saturated heterocycles. The van der Waals surface area contributed by atoms with Gasteiger partial charge in [-0.3, -0.25) is 5.41 Å². The Labute approximate surface area is 115 Å². The van der Waals surface area contributed by atoms with Crippen molar-refractivity contribution >= 4 is 11.7 Å². The van der Waals surface area contributed by atoms with Crippen molar-refractivity contribution in [2.75, 3.05) is 18.0 Å². The zero-order valence-corrected chi connectivity index (χ0v) is 12.1. The van der Waals surface area contributed by atoms with E-state index in [0.29, 0.717) is 5.41 Å². The monoisotopic (exact) mass is 260 g/mol. The van der Waals surface area contributed by atoms with Crippen LogP contribution in [0.5, 0.6) is 0 Å². The van der Waals surface area contributed by atoms with Crippen LogP contribution in [0.25, 0.3) is 0 Å². The van der Waals surface area contributed by atoms with Crippen LogP contribution >= 0.6 is 0 Å². The zero-order chi connectivity index (χ0) is 14.0. The molecule has 0 radical (unpaired) electrons. The van der Waals surface area contributed by atoms with Crippen LogP contribution in [0.2, 0.25) is 0 Å². The van der Waals surface area contributed by atoms with E-state index in [1.165, 1.54) is 12.8 Å². The second-order valence-electron chi connectivity index (χ2n) is 6.44. The number of pyridine rings is 1. The average Bonchev–Trinajstić information content (AvgIpc) is 2.38. The van der Waals surface area contributed by atoms with E-state index < -0.39 is 0 Å². The van der Waals surface area contributed by atoms with Gasteiger partial charge < -0.3 is 10.6 Å². The molecule has 2 rings (SSSR count). The number of nitrogens with zero attached hydrogens (tertiary/aromatic N) is 2. The van der Waals surface area contributed by atoms with Crippen LogP contribution < -0.4 is 10.6 Å². The van der Waals surface area contributed by atoms with Gasteiger partial charge in [0, 0.05) is 24.8 Å². The number of nitrogens with two attached hydrogens (primary N) is 1. The number of anilines is 1. The molecule has 1 aromatic heterocycles. The fraction of sp³-hybridized carbons (Fsp3) is 0.600. The molecule has 0 bridgehead atoms. The number of nitrogen functional groups attached to an aromatic ring is 1. The van der Waals surface area contributed by atoms with Crippen molar-refractivity contribution in [1.29, 1.82) is 5.41 Å². The van der Waals surface area contributed by atoms with Crippen molar-refractivity contribution in [3.63, 3.8) is 0 Å². The number of piperidine rings is 1. The highest BCUT2D eigenvalue weighted by Crippen LogP contribution is 2.35. The molecule has 104 valence electrons. The third-order valence-corrected chi connectivity index (χ3v) is 4.10. The summed E-state index contributed by atoms with van der Waals surface area (Å²) < 4.78 is 0. The summed E-state index contributed by atoms with van der Waals surface area (Å²) in [6.45, 7) is 9.04. The lowest BCUT2D eigenvalue weighted by molar-refractivity contribution is 0.198. The summed E-state index contributed by atoms with van der Waals surface area (Å²) in [6.07, 6.45) is 4.15. The Kier molecular flexibility index (Phi) is 3.78. The number of nitrogens with one attached hydrogen (secondary N) is 1. The van der Waals surface area contributed by atoms with Crippen molar-refractivity contribution < 1.29 is 0 Å². The van der Waals surface area contributed by atoms with E-state index in [-0.39, 0.29) is 5.84 Å². The second-order valence-corrected chi connectivity index (χ2v) is 6.44. The summed E-state index contributed by atoms with van der Waals surface area (Å²) in [7, 11) is 0. The maximum Gasteiger partial charge on any atom is 0.129 e. The first-order valence-corrected chi connectivity index (χ1v) is 6.93. The Morgan fingerprint density at radius 3 is 2.53 bits per heavy atom. The normalized spacial score (nSPS) is 17.5. The molecule has 4 heteroatoms. The molecule has 1 aliphatic rings. The van der Waals surface area contributed by atoms with Crippen molar-refractivity contribution in [3.05, 3.63) is 23.9 Å². The van der Waals surface area contributed by atoms with Crippen LogP contribution in [0, 0.1) is 16.7 Å². The molecular formula is C15H24N4. The van der Waals surface area contributed by atoms with Gasteiger partial charge in [-0.25, -0.2) is 4.98 Å². The molecule has 2 heterocycles. The Morgan fingerprint density at radius 2 is 2.00 bits per heavy atom. The highest BCUT2D eigenvalue weighted by molar-refractivity contribution is 5.95. The summed E-state index contributed by atoms with van der Waals surface area (Å²) in [6, 6.07) is 3.70. The highest BCUT2D eigenvalue weighted by Gasteiger charge is 2.29. The predicted octanol–water partition coefficient (Wildman–Crippen LogP) is 2.63. The fourth-order valence-electron chi connectivity index (χ4n) is 2.73. The maximum absolute atomic E-state index is 7.49. The van der Waals surface area contributed by atoms with Crippen molar-refractivity contribution in [3.8, 4) is 0 Å². The van der Waals surface area contributed by atoms with Gasteiger partial charge in [0.2, 0.25) is 0 Å². The average molecular weight is 260 g/mol. The van der Waals surface area contributed by atoms with E-state index in [1.807, 2.05) is 6.07 Å². The van der Waals surface area contributed by atoms with E-state index in [9.17, 15) is 0 Å². The molecule has 0 spiro atoms. The first kappa shape index (κ1) is 13.8. The Bertz CT molecular complexity index is 453. The summed E-state index contributed by atoms with van der Waals surface area (Å²) in [5.41, 5.74) is 6.67. The molecule has 4 nitrogen and oxygen atoms in total. The fourth-order valence-corrected chi connectivity index (χ4v) is 2.73. The predicted molar refractivity (Wildman–Crippen MR) is 79.6 cm³/mol. The number of rotatable bonds is 2. The van der Waals surface area contributed by atoms with Gasteiger partial charge in [-0.1, -0.05) is 20.8 Å². The van der Waals surface area contributed by atoms with E-state index >= 15 is 0 Å². The van der Waals surface area contributed by atoms with Crippen molar-refractivity contribution in [2.45, 2.75) is 33.6 Å². The van der Waals surface area contributed by atoms with Gasteiger partial charge in [-0.2, -0.15) is 0 Å². The lowest BCUT2D eigenvalue weighted by atomic mass is 9.75. The lowest BCUT2D eigenvalue weighted by Crippen LogP contribution is -2.38. The van der Waals surface area contributed by atoms with Gasteiger partial charge in [0.05, 0.1) is 0 Å². The molecule has 0 atom stereocenters. The molecule has 1 aliphatic heterocycles. The molecule has 1 fully saturated rings. The van der Waals surface area contributed by atoms with Crippen LogP contribution in [0.1, 0.15) is 39.2 Å². The molecule has 0 amide bonds. The third kappa shape index (κ3) is 3.25. The largest absolute Gasteiger partial charge is 0.384 e. The molecule has 0 aliphatic carbocycles. The van der Waals surface area contributed by atoms with Crippen molar-refractivity contribution in [1.82, 2.24) is 4.98 Å². The molecule has 0 unspecified atom stereocenters. The van der Waals surface area contributed by atoms with Gasteiger partial charge in [0.1, 0.15) is 11.7 Å². The zero-order valence-electron chi connectivity index (χ0n) is 12.1. The van der Waals surface area contributed by atoms with E-state index in [1.54, 1.807) is 12.3 Å². The number of hydrogen-bond acceptors (Lipinski definition) is 3. The molecule has 3 N–H and O–H groups in total. The summed E-state index contributed by atoms with van der Waals surface area (Å²) >= 11 is 0. The first-order chi connectivity index (χ1) is 8.88.